The van der Waals surface area contributed by atoms with Crippen LogP contribution in [0.15, 0.2) is 77.9 Å². The number of hydrogen-bond acceptors (Lipinski definition) is 4. The first-order valence-corrected chi connectivity index (χ1v) is 9.48. The normalized spacial score (nSPS) is 11.9. The van der Waals surface area contributed by atoms with Crippen LogP contribution in [0.2, 0.25) is 5.02 Å². The maximum absolute atomic E-state index is 14.1. The summed E-state index contributed by atoms with van der Waals surface area (Å²) in [5, 5.41) is 6.75. The third kappa shape index (κ3) is 4.29. The lowest BCUT2D eigenvalue weighted by Crippen LogP contribution is -2.25. The Labute approximate surface area is 179 Å². The number of aromatic nitrogens is 3. The minimum atomic E-state index is -0.961. The summed E-state index contributed by atoms with van der Waals surface area (Å²) in [6, 6.07) is 13.2. The van der Waals surface area contributed by atoms with Crippen molar-refractivity contribution in [1.29, 1.82) is 0 Å². The number of nitrogens with one attached hydrogen (secondary N) is 1. The van der Waals surface area contributed by atoms with Crippen molar-refractivity contribution >= 4 is 17.3 Å². The molecule has 2 aromatic heterocycles. The molecule has 4 rings (SSSR count). The second-order valence-corrected chi connectivity index (χ2v) is 6.95. The number of rotatable bonds is 5. The van der Waals surface area contributed by atoms with Gasteiger partial charge in [0.05, 0.1) is 23.6 Å². The van der Waals surface area contributed by atoms with E-state index >= 15 is 0 Å². The van der Waals surface area contributed by atoms with Crippen molar-refractivity contribution in [2.24, 2.45) is 0 Å². The van der Waals surface area contributed by atoms with E-state index in [1.165, 1.54) is 18.3 Å². The van der Waals surface area contributed by atoms with E-state index in [1.807, 2.05) is 0 Å². The van der Waals surface area contributed by atoms with Crippen molar-refractivity contribution < 1.29 is 13.2 Å². The van der Waals surface area contributed by atoms with Crippen LogP contribution in [-0.2, 0) is 0 Å². The molecule has 9 heteroatoms. The predicted octanol–water partition coefficient (Wildman–Crippen LogP) is 4.90. The van der Waals surface area contributed by atoms with Crippen molar-refractivity contribution in [1.82, 2.24) is 14.8 Å². The van der Waals surface area contributed by atoms with Gasteiger partial charge < -0.3 is 5.32 Å². The van der Waals surface area contributed by atoms with Gasteiger partial charge in [0.15, 0.2) is 5.82 Å². The van der Waals surface area contributed by atoms with Crippen LogP contribution in [0.4, 0.5) is 18.9 Å². The summed E-state index contributed by atoms with van der Waals surface area (Å²) in [4.78, 5) is 17.0. The number of nitrogens with zero attached hydrogens (tertiary/aromatic N) is 3. The molecule has 0 saturated heterocycles. The maximum Gasteiger partial charge on any atom is 0.292 e. The molecule has 0 aliphatic heterocycles. The lowest BCUT2D eigenvalue weighted by molar-refractivity contribution is 0.570. The molecule has 156 valence electrons. The van der Waals surface area contributed by atoms with Gasteiger partial charge in [-0.25, -0.2) is 13.2 Å². The highest BCUT2D eigenvalue weighted by molar-refractivity contribution is 6.33. The van der Waals surface area contributed by atoms with Crippen LogP contribution in [0.3, 0.4) is 0 Å². The Kier molecular flexibility index (Phi) is 5.73. The molecular formula is C22H14ClF3N4O. The summed E-state index contributed by atoms with van der Waals surface area (Å²) in [5.41, 5.74) is 0.189. The molecule has 31 heavy (non-hydrogen) atoms. The van der Waals surface area contributed by atoms with Gasteiger partial charge in [-0.15, -0.1) is 0 Å². The van der Waals surface area contributed by atoms with Crippen molar-refractivity contribution in [3.05, 3.63) is 117 Å². The molecule has 2 aromatic carbocycles. The Hall–Kier alpha value is -3.65. The first-order valence-electron chi connectivity index (χ1n) is 9.10. The number of hydrogen-bond donors (Lipinski definition) is 1. The van der Waals surface area contributed by atoms with Gasteiger partial charge in [0, 0.05) is 12.3 Å². The van der Waals surface area contributed by atoms with E-state index in [4.69, 9.17) is 11.6 Å². The Morgan fingerprint density at radius 1 is 0.968 bits per heavy atom. The van der Waals surface area contributed by atoms with Gasteiger partial charge in [0.1, 0.15) is 22.3 Å². The second kappa shape index (κ2) is 8.61. The van der Waals surface area contributed by atoms with E-state index in [9.17, 15) is 18.0 Å². The van der Waals surface area contributed by atoms with Crippen LogP contribution in [0.1, 0.15) is 17.3 Å². The van der Waals surface area contributed by atoms with Crippen LogP contribution in [0.25, 0.3) is 5.69 Å². The summed E-state index contributed by atoms with van der Waals surface area (Å²) in [6.07, 6.45) is 2.82. The van der Waals surface area contributed by atoms with Crippen LogP contribution >= 0.6 is 11.6 Å². The van der Waals surface area contributed by atoms with Crippen molar-refractivity contribution in [2.75, 3.05) is 5.32 Å². The van der Waals surface area contributed by atoms with Crippen LogP contribution in [0, 0.1) is 17.5 Å². The summed E-state index contributed by atoms with van der Waals surface area (Å²) < 4.78 is 41.8. The third-order valence-electron chi connectivity index (χ3n) is 4.52. The van der Waals surface area contributed by atoms with Crippen molar-refractivity contribution in [2.45, 2.75) is 6.04 Å². The van der Waals surface area contributed by atoms with E-state index in [-0.39, 0.29) is 16.4 Å². The molecule has 0 amide bonds. The number of halogens is 4. The predicted molar refractivity (Wildman–Crippen MR) is 111 cm³/mol. The highest BCUT2D eigenvalue weighted by atomic mass is 35.5. The Morgan fingerprint density at radius 3 is 2.48 bits per heavy atom. The molecule has 1 atom stereocenters. The summed E-state index contributed by atoms with van der Waals surface area (Å²) in [5.74, 6) is -2.18. The first-order chi connectivity index (χ1) is 14.9. The van der Waals surface area contributed by atoms with Gasteiger partial charge in [-0.3, -0.25) is 9.78 Å². The van der Waals surface area contributed by atoms with Gasteiger partial charge in [-0.2, -0.15) is 9.78 Å². The standard InChI is InChI=1S/C22H14ClF3N4O/c23-20-18(12-28-30(22(20)31)19-8-7-15(25)11-16(19)26)29-21(17-6-1-2-9-27-17)13-4-3-5-14(24)10-13/h1-12,21,29H. The monoisotopic (exact) mass is 442 g/mol. The first kappa shape index (κ1) is 20.6. The van der Waals surface area contributed by atoms with Crippen molar-refractivity contribution in [3.63, 3.8) is 0 Å². The molecule has 0 aliphatic carbocycles. The highest BCUT2D eigenvalue weighted by Crippen LogP contribution is 2.28. The molecule has 0 spiro atoms. The Balaban J connectivity index is 1.76. The summed E-state index contributed by atoms with van der Waals surface area (Å²) in [6.45, 7) is 0. The fraction of sp³-hybridized carbons (Fsp3) is 0.0455. The Bertz CT molecular complexity index is 1300. The number of pyridine rings is 1. The van der Waals surface area contributed by atoms with E-state index in [1.54, 1.807) is 36.5 Å². The zero-order chi connectivity index (χ0) is 22.0. The lowest BCUT2D eigenvalue weighted by atomic mass is 10.0. The largest absolute Gasteiger partial charge is 0.370 e. The third-order valence-corrected chi connectivity index (χ3v) is 4.89. The van der Waals surface area contributed by atoms with Gasteiger partial charge in [0.2, 0.25) is 0 Å². The highest BCUT2D eigenvalue weighted by Gasteiger charge is 2.20. The minimum absolute atomic E-state index is 0.144. The number of benzene rings is 2. The smallest absolute Gasteiger partial charge is 0.292 e. The molecule has 1 unspecified atom stereocenters. The van der Waals surface area contributed by atoms with E-state index in [0.717, 1.165) is 16.8 Å². The summed E-state index contributed by atoms with van der Waals surface area (Å²) in [7, 11) is 0. The quantitative estimate of drug-likeness (QED) is 0.477. The van der Waals surface area contributed by atoms with Gasteiger partial charge in [-0.05, 0) is 42.0 Å². The summed E-state index contributed by atoms with van der Waals surface area (Å²) >= 11 is 6.26. The topological polar surface area (TPSA) is 59.8 Å². The molecule has 2 heterocycles. The van der Waals surface area contributed by atoms with Crippen LogP contribution < -0.4 is 10.9 Å². The molecule has 0 saturated carbocycles. The number of anilines is 1. The molecule has 4 aromatic rings. The zero-order valence-electron chi connectivity index (χ0n) is 15.8. The fourth-order valence-corrected chi connectivity index (χ4v) is 3.26. The Morgan fingerprint density at radius 2 is 1.77 bits per heavy atom. The van der Waals surface area contributed by atoms with E-state index in [2.05, 4.69) is 15.4 Å². The van der Waals surface area contributed by atoms with Gasteiger partial charge in [0.25, 0.3) is 5.56 Å². The minimum Gasteiger partial charge on any atom is -0.370 e. The molecule has 1 N–H and O–H groups in total. The van der Waals surface area contributed by atoms with Gasteiger partial charge in [-0.1, -0.05) is 29.8 Å². The van der Waals surface area contributed by atoms with Crippen molar-refractivity contribution in [3.8, 4) is 5.69 Å². The molecule has 5 nitrogen and oxygen atoms in total. The van der Waals surface area contributed by atoms with Crippen LogP contribution in [-0.4, -0.2) is 14.8 Å². The fourth-order valence-electron chi connectivity index (χ4n) is 3.07. The molecule has 0 aliphatic rings. The molecule has 0 radical (unpaired) electrons. The second-order valence-electron chi connectivity index (χ2n) is 6.57. The maximum atomic E-state index is 14.1. The zero-order valence-corrected chi connectivity index (χ0v) is 16.5. The van der Waals surface area contributed by atoms with E-state index in [0.29, 0.717) is 17.3 Å². The average Bonchev–Trinajstić information content (AvgIpc) is 2.76. The van der Waals surface area contributed by atoms with E-state index < -0.39 is 29.1 Å². The molecule has 0 fully saturated rings. The lowest BCUT2D eigenvalue weighted by Gasteiger charge is -2.21. The van der Waals surface area contributed by atoms with Crippen LogP contribution in [0.5, 0.6) is 0 Å². The van der Waals surface area contributed by atoms with Gasteiger partial charge >= 0.3 is 0 Å². The average molecular weight is 443 g/mol. The molecule has 0 bridgehead atoms. The SMILES string of the molecule is O=c1c(Cl)c(NC(c2cccc(F)c2)c2ccccn2)cnn1-c1ccc(F)cc1F. The molecular weight excluding hydrogens is 429 g/mol.